The molecule has 0 fully saturated rings. The maximum atomic E-state index is 11.3. The first-order chi connectivity index (χ1) is 13.2. The van der Waals surface area contributed by atoms with Crippen LogP contribution in [0.25, 0.3) is 16.9 Å². The monoisotopic (exact) mass is 363 g/mol. The summed E-state index contributed by atoms with van der Waals surface area (Å²) in [6.07, 6.45) is 7.03. The van der Waals surface area contributed by atoms with Crippen LogP contribution in [0.1, 0.15) is 0 Å². The fraction of sp³-hybridized carbons (Fsp3) is 0.105. The Hall–Kier alpha value is -3.81. The quantitative estimate of drug-likeness (QED) is 0.566. The van der Waals surface area contributed by atoms with Crippen molar-refractivity contribution in [3.63, 3.8) is 0 Å². The molecule has 0 bridgehead atoms. The average molecular weight is 363 g/mol. The maximum Gasteiger partial charge on any atom is 0.247 e. The minimum absolute atomic E-state index is 0.161. The van der Waals surface area contributed by atoms with Crippen LogP contribution in [0.2, 0.25) is 0 Å². The number of methoxy groups -OCH3 is 2. The Morgan fingerprint density at radius 1 is 1.11 bits per heavy atom. The third kappa shape index (κ3) is 3.20. The van der Waals surface area contributed by atoms with Crippen LogP contribution in [-0.2, 0) is 0 Å². The van der Waals surface area contributed by atoms with Crippen molar-refractivity contribution in [2.45, 2.75) is 0 Å². The number of imidazole rings is 1. The van der Waals surface area contributed by atoms with Gasteiger partial charge >= 0.3 is 0 Å². The van der Waals surface area contributed by atoms with Gasteiger partial charge in [-0.15, -0.1) is 0 Å². The normalized spacial score (nSPS) is 10.7. The molecule has 0 spiro atoms. The second-order valence-corrected chi connectivity index (χ2v) is 5.77. The van der Waals surface area contributed by atoms with E-state index in [9.17, 15) is 4.79 Å². The molecule has 8 heteroatoms. The maximum absolute atomic E-state index is 11.3. The van der Waals surface area contributed by atoms with Crippen molar-refractivity contribution in [2.75, 3.05) is 19.5 Å². The number of anilines is 2. The predicted octanol–water partition coefficient (Wildman–Crippen LogP) is 2.85. The third-order valence-electron chi connectivity index (χ3n) is 4.10. The number of fused-ring (bicyclic) bond motifs is 1. The first-order valence-electron chi connectivity index (χ1n) is 8.20. The third-order valence-corrected chi connectivity index (χ3v) is 4.10. The molecule has 0 atom stereocenters. The van der Waals surface area contributed by atoms with Gasteiger partial charge in [0.25, 0.3) is 0 Å². The molecule has 4 rings (SSSR count). The molecule has 0 aliphatic carbocycles. The average Bonchev–Trinajstić information content (AvgIpc) is 3.17. The summed E-state index contributed by atoms with van der Waals surface area (Å²) in [4.78, 5) is 23.0. The first-order valence-corrected chi connectivity index (χ1v) is 8.20. The molecular weight excluding hydrogens is 346 g/mol. The Morgan fingerprint density at radius 3 is 2.70 bits per heavy atom. The zero-order valence-electron chi connectivity index (χ0n) is 14.8. The van der Waals surface area contributed by atoms with Gasteiger partial charge in [-0.05, 0) is 18.2 Å². The van der Waals surface area contributed by atoms with Gasteiger partial charge in [0.05, 0.1) is 19.9 Å². The van der Waals surface area contributed by atoms with Gasteiger partial charge in [-0.2, -0.15) is 0 Å². The standard InChI is InChI=1S/C19H17N5O3/c1-26-15-5-4-13(9-16(15)27-2)22-18-19-20-7-8-24(19)11-14(23-18)12-3-6-17(25)21-10-12/h3-11H,1-2H3,(H,21,25)(H,22,23). The van der Waals surface area contributed by atoms with Crippen LogP contribution in [0.5, 0.6) is 11.5 Å². The van der Waals surface area contributed by atoms with Crippen LogP contribution in [0.4, 0.5) is 11.5 Å². The van der Waals surface area contributed by atoms with Crippen molar-refractivity contribution in [3.8, 4) is 22.8 Å². The number of benzene rings is 1. The zero-order valence-corrected chi connectivity index (χ0v) is 14.8. The number of pyridine rings is 1. The molecule has 0 aliphatic rings. The second-order valence-electron chi connectivity index (χ2n) is 5.77. The Morgan fingerprint density at radius 2 is 1.96 bits per heavy atom. The van der Waals surface area contributed by atoms with Crippen LogP contribution in [-0.4, -0.2) is 33.6 Å². The summed E-state index contributed by atoms with van der Waals surface area (Å²) in [5, 5.41) is 3.28. The van der Waals surface area contributed by atoms with Gasteiger partial charge < -0.3 is 24.2 Å². The summed E-state index contributed by atoms with van der Waals surface area (Å²) in [6, 6.07) is 8.71. The highest BCUT2D eigenvalue weighted by Gasteiger charge is 2.11. The van der Waals surface area contributed by atoms with Gasteiger partial charge in [-0.25, -0.2) is 9.97 Å². The Bertz CT molecular complexity index is 1150. The van der Waals surface area contributed by atoms with E-state index in [0.29, 0.717) is 28.7 Å². The molecule has 0 aliphatic heterocycles. The summed E-state index contributed by atoms with van der Waals surface area (Å²) >= 11 is 0. The van der Waals surface area contributed by atoms with Gasteiger partial charge in [0.15, 0.2) is 23.0 Å². The molecule has 2 N–H and O–H groups in total. The lowest BCUT2D eigenvalue weighted by molar-refractivity contribution is 0.355. The van der Waals surface area contributed by atoms with Gasteiger partial charge in [-0.3, -0.25) is 4.79 Å². The number of rotatable bonds is 5. The van der Waals surface area contributed by atoms with E-state index in [0.717, 1.165) is 11.3 Å². The number of nitrogens with zero attached hydrogens (tertiary/aromatic N) is 3. The molecule has 3 aromatic heterocycles. The lowest BCUT2D eigenvalue weighted by atomic mass is 10.2. The summed E-state index contributed by atoms with van der Waals surface area (Å²) in [6.45, 7) is 0. The van der Waals surface area contributed by atoms with Crippen LogP contribution >= 0.6 is 0 Å². The fourth-order valence-corrected chi connectivity index (χ4v) is 2.78. The molecule has 0 saturated carbocycles. The smallest absolute Gasteiger partial charge is 0.247 e. The van der Waals surface area contributed by atoms with Crippen molar-refractivity contribution in [2.24, 2.45) is 0 Å². The van der Waals surface area contributed by atoms with E-state index in [1.807, 2.05) is 35.0 Å². The summed E-state index contributed by atoms with van der Waals surface area (Å²) < 4.78 is 12.5. The van der Waals surface area contributed by atoms with Crippen LogP contribution in [0.3, 0.4) is 0 Å². The number of H-pyrrole nitrogens is 1. The number of aromatic nitrogens is 4. The lowest BCUT2D eigenvalue weighted by Crippen LogP contribution is -2.04. The molecular formula is C19H17N5O3. The minimum atomic E-state index is -0.161. The van der Waals surface area contributed by atoms with E-state index in [1.165, 1.54) is 6.07 Å². The summed E-state index contributed by atoms with van der Waals surface area (Å²) in [5.74, 6) is 1.83. The number of hydrogen-bond donors (Lipinski definition) is 2. The van der Waals surface area contributed by atoms with E-state index in [1.54, 1.807) is 32.7 Å². The first kappa shape index (κ1) is 16.6. The van der Waals surface area contributed by atoms with E-state index < -0.39 is 0 Å². The fourth-order valence-electron chi connectivity index (χ4n) is 2.78. The molecule has 1 aromatic carbocycles. The minimum Gasteiger partial charge on any atom is -0.493 e. The van der Waals surface area contributed by atoms with E-state index >= 15 is 0 Å². The molecule has 8 nitrogen and oxygen atoms in total. The number of nitrogens with one attached hydrogen (secondary N) is 2. The van der Waals surface area contributed by atoms with Crippen LogP contribution in [0.15, 0.2) is 59.9 Å². The van der Waals surface area contributed by atoms with E-state index in [2.05, 4.69) is 20.3 Å². The number of aromatic amines is 1. The highest BCUT2D eigenvalue weighted by molar-refractivity contribution is 5.74. The molecule has 0 saturated heterocycles. The highest BCUT2D eigenvalue weighted by Crippen LogP contribution is 2.32. The molecule has 3 heterocycles. The van der Waals surface area contributed by atoms with Crippen LogP contribution < -0.4 is 20.3 Å². The molecule has 0 radical (unpaired) electrons. The van der Waals surface area contributed by atoms with Crippen molar-refractivity contribution in [3.05, 3.63) is 65.5 Å². The number of hydrogen-bond acceptors (Lipinski definition) is 6. The second kappa shape index (κ2) is 6.83. The van der Waals surface area contributed by atoms with Crippen LogP contribution in [0, 0.1) is 0 Å². The topological polar surface area (TPSA) is 93.5 Å². The highest BCUT2D eigenvalue weighted by atomic mass is 16.5. The van der Waals surface area contributed by atoms with Crippen molar-refractivity contribution in [1.82, 2.24) is 19.4 Å². The van der Waals surface area contributed by atoms with E-state index in [4.69, 9.17) is 9.47 Å². The van der Waals surface area contributed by atoms with Gasteiger partial charge in [0.2, 0.25) is 5.56 Å². The van der Waals surface area contributed by atoms with Gasteiger partial charge in [0.1, 0.15) is 0 Å². The van der Waals surface area contributed by atoms with Crippen molar-refractivity contribution < 1.29 is 9.47 Å². The Kier molecular flexibility index (Phi) is 4.21. The molecule has 27 heavy (non-hydrogen) atoms. The van der Waals surface area contributed by atoms with Gasteiger partial charge in [0, 0.05) is 48.2 Å². The Balaban J connectivity index is 1.78. The number of ether oxygens (including phenoxy) is 2. The summed E-state index contributed by atoms with van der Waals surface area (Å²) in [7, 11) is 3.18. The van der Waals surface area contributed by atoms with Gasteiger partial charge in [-0.1, -0.05) is 0 Å². The largest absolute Gasteiger partial charge is 0.493 e. The summed E-state index contributed by atoms with van der Waals surface area (Å²) in [5.41, 5.74) is 2.79. The zero-order chi connectivity index (χ0) is 18.8. The molecule has 0 unspecified atom stereocenters. The molecule has 4 aromatic rings. The predicted molar refractivity (Wildman–Crippen MR) is 102 cm³/mol. The van der Waals surface area contributed by atoms with E-state index in [-0.39, 0.29) is 5.56 Å². The molecule has 136 valence electrons. The van der Waals surface area contributed by atoms with Crippen molar-refractivity contribution >= 4 is 17.2 Å². The SMILES string of the molecule is COc1ccc(Nc2nc(-c3ccc(=O)[nH]c3)cn3ccnc23)cc1OC. The molecule has 0 amide bonds. The van der Waals surface area contributed by atoms with Crippen molar-refractivity contribution in [1.29, 1.82) is 0 Å². The Labute approximate surface area is 154 Å². The lowest BCUT2D eigenvalue weighted by Gasteiger charge is -2.12.